The molecule has 0 saturated carbocycles. The lowest BCUT2D eigenvalue weighted by Crippen LogP contribution is -2.62. The van der Waals surface area contributed by atoms with Crippen LogP contribution in [0.4, 0.5) is 4.39 Å². The minimum atomic E-state index is -0.238. The molecule has 0 spiro atoms. The number of carbonyl (C=O) groups excluding carboxylic acids is 1. The summed E-state index contributed by atoms with van der Waals surface area (Å²) in [5.41, 5.74) is 1.06. The van der Waals surface area contributed by atoms with Crippen molar-refractivity contribution >= 4 is 5.91 Å². The molecule has 2 heterocycles. The quantitative estimate of drug-likeness (QED) is 0.776. The van der Waals surface area contributed by atoms with Crippen molar-refractivity contribution in [2.24, 2.45) is 0 Å². The van der Waals surface area contributed by atoms with E-state index >= 15 is 0 Å². The lowest BCUT2D eigenvalue weighted by atomic mass is 9.85. The van der Waals surface area contributed by atoms with Crippen LogP contribution >= 0.6 is 0 Å². The van der Waals surface area contributed by atoms with Gasteiger partial charge in [-0.25, -0.2) is 4.39 Å². The molecule has 0 aromatic heterocycles. The number of rotatable bonds is 7. The number of nitrogens with zero attached hydrogens (tertiary/aromatic N) is 2. The van der Waals surface area contributed by atoms with Gasteiger partial charge in [0.2, 0.25) is 5.91 Å². The Labute approximate surface area is 168 Å². The fourth-order valence-electron chi connectivity index (χ4n) is 4.47. The van der Waals surface area contributed by atoms with Crippen LogP contribution in [0.1, 0.15) is 44.1 Å². The minimum absolute atomic E-state index is 0.0313. The molecule has 1 unspecified atom stereocenters. The zero-order valence-corrected chi connectivity index (χ0v) is 17.3. The number of piperidine rings is 1. The summed E-state index contributed by atoms with van der Waals surface area (Å²) < 4.78 is 18.7. The van der Waals surface area contributed by atoms with E-state index in [1.807, 2.05) is 0 Å². The molecule has 5 nitrogen and oxygen atoms in total. The molecule has 1 aromatic rings. The van der Waals surface area contributed by atoms with Crippen LogP contribution in [0.5, 0.6) is 0 Å². The monoisotopic (exact) mass is 391 g/mol. The Balaban J connectivity index is 1.60. The van der Waals surface area contributed by atoms with E-state index in [9.17, 15) is 9.18 Å². The summed E-state index contributed by atoms with van der Waals surface area (Å²) in [6.45, 7) is 8.30. The van der Waals surface area contributed by atoms with Gasteiger partial charge in [0.05, 0.1) is 13.2 Å². The zero-order valence-electron chi connectivity index (χ0n) is 17.3. The minimum Gasteiger partial charge on any atom is -0.379 e. The predicted molar refractivity (Wildman–Crippen MR) is 109 cm³/mol. The van der Waals surface area contributed by atoms with E-state index in [0.717, 1.165) is 64.2 Å². The molecule has 1 amide bonds. The van der Waals surface area contributed by atoms with Gasteiger partial charge < -0.3 is 15.0 Å². The summed E-state index contributed by atoms with van der Waals surface area (Å²) in [4.78, 5) is 17.6. The highest BCUT2D eigenvalue weighted by Crippen LogP contribution is 2.29. The first-order valence-corrected chi connectivity index (χ1v) is 10.6. The highest BCUT2D eigenvalue weighted by atomic mass is 19.1. The average Bonchev–Trinajstić information content (AvgIpc) is 2.73. The van der Waals surface area contributed by atoms with Crippen molar-refractivity contribution < 1.29 is 13.9 Å². The Morgan fingerprint density at radius 3 is 2.43 bits per heavy atom. The third-order valence-corrected chi connectivity index (χ3v) is 6.48. The third kappa shape index (κ3) is 5.31. The fraction of sp³-hybridized carbons (Fsp3) is 0.682. The summed E-state index contributed by atoms with van der Waals surface area (Å²) in [7, 11) is 2.16. The SMILES string of the molecule is CCC(CC(=O)NCC1(N2CCOCC2)CCN(C)CC1)c1ccc(F)cc1. The molecule has 6 heteroatoms. The van der Waals surface area contributed by atoms with Crippen molar-refractivity contribution in [2.45, 2.75) is 44.1 Å². The molecule has 2 aliphatic heterocycles. The Hall–Kier alpha value is -1.50. The standard InChI is InChI=1S/C22H34FN3O2/c1-3-18(19-4-6-20(23)7-5-19)16-21(27)24-17-22(8-10-25(2)11-9-22)26-12-14-28-15-13-26/h4-7,18H,3,8-17H2,1-2H3,(H,24,27). The van der Waals surface area contributed by atoms with Crippen LogP contribution < -0.4 is 5.32 Å². The van der Waals surface area contributed by atoms with E-state index in [0.29, 0.717) is 13.0 Å². The van der Waals surface area contributed by atoms with Crippen LogP contribution in [0, 0.1) is 5.82 Å². The molecule has 28 heavy (non-hydrogen) atoms. The predicted octanol–water partition coefficient (Wildman–Crippen LogP) is 2.62. The van der Waals surface area contributed by atoms with Crippen LogP contribution in [0.3, 0.4) is 0 Å². The molecule has 0 radical (unpaired) electrons. The summed E-state index contributed by atoms with van der Waals surface area (Å²) >= 11 is 0. The Morgan fingerprint density at radius 1 is 1.18 bits per heavy atom. The van der Waals surface area contributed by atoms with Gasteiger partial charge in [-0.05, 0) is 63.0 Å². The number of hydrogen-bond donors (Lipinski definition) is 1. The Kier molecular flexibility index (Phi) is 7.43. The molecule has 2 saturated heterocycles. The molecule has 0 aliphatic carbocycles. The van der Waals surface area contributed by atoms with Crippen LogP contribution in [-0.2, 0) is 9.53 Å². The number of hydrogen-bond acceptors (Lipinski definition) is 4. The number of benzene rings is 1. The second kappa shape index (κ2) is 9.81. The Morgan fingerprint density at radius 2 is 1.82 bits per heavy atom. The van der Waals surface area contributed by atoms with Crippen molar-refractivity contribution in [1.82, 2.24) is 15.1 Å². The highest BCUT2D eigenvalue weighted by molar-refractivity contribution is 5.77. The lowest BCUT2D eigenvalue weighted by molar-refractivity contribution is -0.123. The van der Waals surface area contributed by atoms with Crippen LogP contribution in [-0.4, -0.2) is 74.2 Å². The van der Waals surface area contributed by atoms with Crippen molar-refractivity contribution in [2.75, 3.05) is 53.0 Å². The van der Waals surface area contributed by atoms with Crippen LogP contribution in [0.2, 0.25) is 0 Å². The van der Waals surface area contributed by atoms with Crippen LogP contribution in [0.15, 0.2) is 24.3 Å². The maximum absolute atomic E-state index is 13.2. The van der Waals surface area contributed by atoms with Gasteiger partial charge in [0.25, 0.3) is 0 Å². The topological polar surface area (TPSA) is 44.8 Å². The van der Waals surface area contributed by atoms with E-state index in [2.05, 4.69) is 29.1 Å². The molecule has 2 fully saturated rings. The second-order valence-corrected chi connectivity index (χ2v) is 8.26. The van der Waals surface area contributed by atoms with Gasteiger partial charge >= 0.3 is 0 Å². The maximum Gasteiger partial charge on any atom is 0.220 e. The van der Waals surface area contributed by atoms with Gasteiger partial charge in [0.1, 0.15) is 5.82 Å². The third-order valence-electron chi connectivity index (χ3n) is 6.48. The van der Waals surface area contributed by atoms with Crippen molar-refractivity contribution in [1.29, 1.82) is 0 Å². The number of morpholine rings is 1. The first kappa shape index (κ1) is 21.2. The van der Waals surface area contributed by atoms with Crippen LogP contribution in [0.25, 0.3) is 0 Å². The van der Waals surface area contributed by atoms with Gasteiger partial charge in [-0.1, -0.05) is 19.1 Å². The molecule has 156 valence electrons. The number of ether oxygens (including phenoxy) is 1. The average molecular weight is 392 g/mol. The summed E-state index contributed by atoms with van der Waals surface area (Å²) in [5, 5.41) is 3.24. The summed E-state index contributed by atoms with van der Waals surface area (Å²) in [6, 6.07) is 6.54. The summed E-state index contributed by atoms with van der Waals surface area (Å²) in [6.07, 6.45) is 3.44. The van der Waals surface area contributed by atoms with E-state index in [4.69, 9.17) is 4.74 Å². The maximum atomic E-state index is 13.2. The van der Waals surface area contributed by atoms with Crippen molar-refractivity contribution in [3.63, 3.8) is 0 Å². The number of amides is 1. The molecular weight excluding hydrogens is 357 g/mol. The Bertz CT molecular complexity index is 623. The van der Waals surface area contributed by atoms with E-state index in [-0.39, 0.29) is 23.2 Å². The van der Waals surface area contributed by atoms with Gasteiger partial charge in [-0.2, -0.15) is 0 Å². The largest absolute Gasteiger partial charge is 0.379 e. The normalized spacial score (nSPS) is 22.0. The molecular formula is C22H34FN3O2. The number of carbonyl (C=O) groups is 1. The lowest BCUT2D eigenvalue weighted by Gasteiger charge is -2.49. The zero-order chi connectivity index (χ0) is 20.0. The first-order valence-electron chi connectivity index (χ1n) is 10.6. The number of halogens is 1. The molecule has 0 bridgehead atoms. The van der Waals surface area contributed by atoms with E-state index < -0.39 is 0 Å². The molecule has 2 aliphatic rings. The van der Waals surface area contributed by atoms with Crippen molar-refractivity contribution in [3.8, 4) is 0 Å². The smallest absolute Gasteiger partial charge is 0.220 e. The second-order valence-electron chi connectivity index (χ2n) is 8.26. The van der Waals surface area contributed by atoms with Gasteiger partial charge in [-0.3, -0.25) is 9.69 Å². The van der Waals surface area contributed by atoms with Gasteiger partial charge in [0.15, 0.2) is 0 Å². The molecule has 3 rings (SSSR count). The highest BCUT2D eigenvalue weighted by Gasteiger charge is 2.40. The van der Waals surface area contributed by atoms with E-state index in [1.54, 1.807) is 12.1 Å². The van der Waals surface area contributed by atoms with E-state index in [1.165, 1.54) is 12.1 Å². The first-order chi connectivity index (χ1) is 13.5. The molecule has 1 N–H and O–H groups in total. The van der Waals surface area contributed by atoms with Gasteiger partial charge in [-0.15, -0.1) is 0 Å². The van der Waals surface area contributed by atoms with Gasteiger partial charge in [0, 0.05) is 31.6 Å². The summed E-state index contributed by atoms with van der Waals surface area (Å²) in [5.74, 6) is -0.0297. The number of nitrogens with one attached hydrogen (secondary N) is 1. The fourth-order valence-corrected chi connectivity index (χ4v) is 4.47. The number of likely N-dealkylation sites (tertiary alicyclic amines) is 1. The van der Waals surface area contributed by atoms with Crippen molar-refractivity contribution in [3.05, 3.63) is 35.6 Å². The molecule has 1 aromatic carbocycles. The molecule has 1 atom stereocenters.